The third-order valence-corrected chi connectivity index (χ3v) is 16.9. The highest BCUT2D eigenvalue weighted by Gasteiger charge is 2.38. The summed E-state index contributed by atoms with van der Waals surface area (Å²) in [7, 11) is 0. The molecule has 0 amide bonds. The van der Waals surface area contributed by atoms with Crippen molar-refractivity contribution < 1.29 is 0 Å². The molecule has 0 aliphatic heterocycles. The van der Waals surface area contributed by atoms with Crippen LogP contribution in [0.1, 0.15) is 74.9 Å². The molecule has 11 aromatic rings. The van der Waals surface area contributed by atoms with Gasteiger partial charge in [-0.05, 0) is 176 Å². The molecular formula is C69H53N. The van der Waals surface area contributed by atoms with E-state index < -0.39 is 0 Å². The Morgan fingerprint density at radius 2 is 0.586 bits per heavy atom. The van der Waals surface area contributed by atoms with Crippen molar-refractivity contribution in [2.24, 2.45) is 0 Å². The van der Waals surface area contributed by atoms with Crippen LogP contribution in [0.15, 0.2) is 212 Å². The van der Waals surface area contributed by atoms with Crippen molar-refractivity contribution in [3.05, 3.63) is 246 Å². The number of fused-ring (bicyclic) bond motifs is 14. The minimum absolute atomic E-state index is 0.0307. The summed E-state index contributed by atoms with van der Waals surface area (Å²) in [6.07, 6.45) is 0. The fourth-order valence-corrected chi connectivity index (χ4v) is 13.2. The molecule has 3 aliphatic rings. The van der Waals surface area contributed by atoms with E-state index in [1.54, 1.807) is 0 Å². The number of rotatable bonds is 5. The van der Waals surface area contributed by atoms with Crippen molar-refractivity contribution in [3.8, 4) is 55.6 Å². The molecule has 0 saturated carbocycles. The minimum atomic E-state index is -0.119. The van der Waals surface area contributed by atoms with Gasteiger partial charge in [0.15, 0.2) is 0 Å². The lowest BCUT2D eigenvalue weighted by Crippen LogP contribution is -2.18. The minimum Gasteiger partial charge on any atom is -0.310 e. The lowest BCUT2D eigenvalue weighted by Gasteiger charge is -2.30. The number of nitrogens with zero attached hydrogens (tertiary/aromatic N) is 1. The maximum absolute atomic E-state index is 2.48. The molecule has 1 nitrogen and oxygen atoms in total. The van der Waals surface area contributed by atoms with Gasteiger partial charge in [0.2, 0.25) is 0 Å². The zero-order chi connectivity index (χ0) is 47.3. The standard InChI is InChI=1S/C69H53N/c1-67(2)63-26-16-13-23-53(63)60-37-43(29-36-64(60)67)57-41-59-49-19-9-7-17-47(49)56(40-58(59)50-20-10-8-18-48(50)57)42-27-30-44(31-28-42)70(45-32-34-54-51-21-11-14-24-61(51)68(3,4)65(54)38-45)46-33-35-55-52-22-12-15-25-62(52)69(5,6)66(55)39-46/h7-41H,1-6H3. The van der Waals surface area contributed by atoms with E-state index in [0.29, 0.717) is 0 Å². The highest BCUT2D eigenvalue weighted by Crippen LogP contribution is 2.54. The van der Waals surface area contributed by atoms with E-state index in [1.807, 2.05) is 0 Å². The Morgan fingerprint density at radius 1 is 0.229 bits per heavy atom. The van der Waals surface area contributed by atoms with Crippen molar-refractivity contribution in [1.82, 2.24) is 0 Å². The molecule has 0 unspecified atom stereocenters. The van der Waals surface area contributed by atoms with E-state index in [9.17, 15) is 0 Å². The quantitative estimate of drug-likeness (QED) is 0.156. The molecule has 0 spiro atoms. The molecule has 334 valence electrons. The van der Waals surface area contributed by atoms with Crippen LogP contribution in [0, 0.1) is 0 Å². The van der Waals surface area contributed by atoms with Crippen LogP contribution in [0.25, 0.3) is 88.0 Å². The van der Waals surface area contributed by atoms with E-state index >= 15 is 0 Å². The summed E-state index contributed by atoms with van der Waals surface area (Å²) < 4.78 is 0. The van der Waals surface area contributed by atoms with Gasteiger partial charge in [-0.3, -0.25) is 0 Å². The van der Waals surface area contributed by atoms with Gasteiger partial charge in [-0.15, -0.1) is 0 Å². The lowest BCUT2D eigenvalue weighted by molar-refractivity contribution is 0.660. The van der Waals surface area contributed by atoms with E-state index in [2.05, 4.69) is 259 Å². The number of anilines is 3. The van der Waals surface area contributed by atoms with Crippen molar-refractivity contribution in [1.29, 1.82) is 0 Å². The first-order valence-corrected chi connectivity index (χ1v) is 25.0. The average molecular weight is 896 g/mol. The first-order valence-electron chi connectivity index (χ1n) is 25.0. The highest BCUT2D eigenvalue weighted by molar-refractivity contribution is 6.24. The largest absolute Gasteiger partial charge is 0.310 e. The second-order valence-corrected chi connectivity index (χ2v) is 21.6. The molecule has 70 heavy (non-hydrogen) atoms. The van der Waals surface area contributed by atoms with Gasteiger partial charge < -0.3 is 4.90 Å². The molecule has 0 atom stereocenters. The van der Waals surface area contributed by atoms with Crippen molar-refractivity contribution in [3.63, 3.8) is 0 Å². The monoisotopic (exact) mass is 895 g/mol. The average Bonchev–Trinajstić information content (AvgIpc) is 3.87. The zero-order valence-corrected chi connectivity index (χ0v) is 40.7. The maximum Gasteiger partial charge on any atom is 0.0465 e. The molecule has 14 rings (SSSR count). The SMILES string of the molecule is CC1(C)c2ccccc2-c2cc(-c3cc4c5ccccc5c(-c5ccc(N(c6ccc7c(c6)C(C)(C)c6ccccc6-7)c6ccc7c(c6)C(C)(C)c6ccccc6-7)cc5)cc4c4ccccc34)ccc21. The van der Waals surface area contributed by atoms with Crippen LogP contribution in [-0.4, -0.2) is 0 Å². The Labute approximate surface area is 411 Å². The number of hydrogen-bond donors (Lipinski definition) is 0. The third-order valence-electron chi connectivity index (χ3n) is 16.9. The summed E-state index contributed by atoms with van der Waals surface area (Å²) in [5.74, 6) is 0. The number of hydrogen-bond acceptors (Lipinski definition) is 1. The Kier molecular flexibility index (Phi) is 8.50. The Bertz CT molecular complexity index is 3920. The predicted octanol–water partition coefficient (Wildman–Crippen LogP) is 18.9. The summed E-state index contributed by atoms with van der Waals surface area (Å²) >= 11 is 0. The van der Waals surface area contributed by atoms with Crippen molar-refractivity contribution >= 4 is 49.4 Å². The van der Waals surface area contributed by atoms with Gasteiger partial charge >= 0.3 is 0 Å². The van der Waals surface area contributed by atoms with E-state index in [1.165, 1.54) is 121 Å². The normalized spacial score (nSPS) is 15.1. The molecule has 3 aliphatic carbocycles. The van der Waals surface area contributed by atoms with Crippen molar-refractivity contribution in [2.45, 2.75) is 57.8 Å². The van der Waals surface area contributed by atoms with Crippen LogP contribution in [-0.2, 0) is 16.2 Å². The highest BCUT2D eigenvalue weighted by atomic mass is 15.1. The molecule has 0 fully saturated rings. The second kappa shape index (κ2) is 14.5. The van der Waals surface area contributed by atoms with Gasteiger partial charge in [-0.2, -0.15) is 0 Å². The molecule has 0 saturated heterocycles. The van der Waals surface area contributed by atoms with Gasteiger partial charge in [0, 0.05) is 33.3 Å². The van der Waals surface area contributed by atoms with Gasteiger partial charge in [0.25, 0.3) is 0 Å². The van der Waals surface area contributed by atoms with E-state index in [4.69, 9.17) is 0 Å². The Morgan fingerprint density at radius 3 is 1.09 bits per heavy atom. The van der Waals surface area contributed by atoms with Crippen molar-refractivity contribution in [2.75, 3.05) is 4.90 Å². The van der Waals surface area contributed by atoms with Gasteiger partial charge in [-0.25, -0.2) is 0 Å². The van der Waals surface area contributed by atoms with Gasteiger partial charge in [0.1, 0.15) is 0 Å². The molecule has 0 heterocycles. The fourth-order valence-electron chi connectivity index (χ4n) is 13.2. The Balaban J connectivity index is 0.918. The Hall–Kier alpha value is -8.00. The topological polar surface area (TPSA) is 3.24 Å². The summed E-state index contributed by atoms with van der Waals surface area (Å²) in [5.41, 5.74) is 24.5. The van der Waals surface area contributed by atoms with Crippen LogP contribution in [0.4, 0.5) is 17.1 Å². The van der Waals surface area contributed by atoms with Crippen LogP contribution in [0.2, 0.25) is 0 Å². The van der Waals surface area contributed by atoms with E-state index in [-0.39, 0.29) is 16.2 Å². The predicted molar refractivity (Wildman–Crippen MR) is 297 cm³/mol. The number of benzene rings is 11. The third kappa shape index (κ3) is 5.67. The lowest BCUT2D eigenvalue weighted by atomic mass is 9.82. The molecule has 0 aromatic heterocycles. The summed E-state index contributed by atoms with van der Waals surface area (Å²) in [4.78, 5) is 2.48. The summed E-state index contributed by atoms with van der Waals surface area (Å²) in [6, 6.07) is 80.6. The molecule has 0 N–H and O–H groups in total. The molecule has 0 radical (unpaired) electrons. The molecule has 0 bridgehead atoms. The maximum atomic E-state index is 2.48. The van der Waals surface area contributed by atoms with E-state index in [0.717, 1.165) is 17.1 Å². The summed E-state index contributed by atoms with van der Waals surface area (Å²) in [5, 5.41) is 7.62. The fraction of sp³-hybridized carbons (Fsp3) is 0.130. The first kappa shape index (κ1) is 41.0. The van der Waals surface area contributed by atoms with Crippen LogP contribution in [0.5, 0.6) is 0 Å². The van der Waals surface area contributed by atoms with Gasteiger partial charge in [-0.1, -0.05) is 199 Å². The smallest absolute Gasteiger partial charge is 0.0465 e. The van der Waals surface area contributed by atoms with Gasteiger partial charge in [0.05, 0.1) is 0 Å². The molecular weight excluding hydrogens is 843 g/mol. The second-order valence-electron chi connectivity index (χ2n) is 21.6. The van der Waals surface area contributed by atoms with Crippen LogP contribution >= 0.6 is 0 Å². The summed E-state index contributed by atoms with van der Waals surface area (Å²) in [6.45, 7) is 14.2. The van der Waals surface area contributed by atoms with Crippen LogP contribution < -0.4 is 4.90 Å². The zero-order valence-electron chi connectivity index (χ0n) is 40.7. The molecule has 11 aromatic carbocycles. The first-order chi connectivity index (χ1) is 34.0. The van der Waals surface area contributed by atoms with Crippen LogP contribution in [0.3, 0.4) is 0 Å². The molecule has 1 heteroatoms.